The third-order valence-electron chi connectivity index (χ3n) is 3.43. The van der Waals surface area contributed by atoms with E-state index in [1.54, 1.807) is 0 Å². The minimum atomic E-state index is 0.384. The maximum Gasteiger partial charge on any atom is 0.134 e. The molecule has 0 bridgehead atoms. The molecule has 0 radical (unpaired) electrons. The van der Waals surface area contributed by atoms with Crippen LogP contribution in [0.5, 0.6) is 0 Å². The van der Waals surface area contributed by atoms with Gasteiger partial charge in [0.05, 0.1) is 6.04 Å². The minimum absolute atomic E-state index is 0.384. The highest BCUT2D eigenvalue weighted by molar-refractivity contribution is 7.11. The maximum absolute atomic E-state index is 4.46. The van der Waals surface area contributed by atoms with Crippen LogP contribution in [0.15, 0.2) is 0 Å². The third kappa shape index (κ3) is 5.19. The van der Waals surface area contributed by atoms with Gasteiger partial charge in [0.25, 0.3) is 0 Å². The molecule has 0 spiro atoms. The molecule has 1 aromatic rings. The zero-order chi connectivity index (χ0) is 14.1. The van der Waals surface area contributed by atoms with Crippen LogP contribution < -0.4 is 5.32 Å². The van der Waals surface area contributed by atoms with E-state index in [9.17, 15) is 0 Å². The zero-order valence-electron chi connectivity index (χ0n) is 12.9. The van der Waals surface area contributed by atoms with E-state index in [0.29, 0.717) is 12.0 Å². The Balaban J connectivity index is 2.72. The molecule has 0 saturated carbocycles. The van der Waals surface area contributed by atoms with Gasteiger partial charge in [-0.2, -0.15) is 0 Å². The van der Waals surface area contributed by atoms with E-state index in [1.807, 2.05) is 11.3 Å². The Morgan fingerprint density at radius 1 is 0.947 bits per heavy atom. The van der Waals surface area contributed by atoms with Gasteiger partial charge in [-0.05, 0) is 32.2 Å². The minimum Gasteiger partial charge on any atom is -0.308 e. The Bertz CT molecular complexity index is 332. The Labute approximate surface area is 122 Å². The van der Waals surface area contributed by atoms with Gasteiger partial charge < -0.3 is 5.32 Å². The normalized spacial score (nSPS) is 13.1. The summed E-state index contributed by atoms with van der Waals surface area (Å²) in [5.41, 5.74) is 0. The molecule has 0 amide bonds. The number of nitrogens with zero attached hydrogens (tertiary/aromatic N) is 2. The molecule has 0 fully saturated rings. The second-order valence-corrected chi connectivity index (χ2v) is 6.21. The molecule has 3 nitrogen and oxygen atoms in total. The van der Waals surface area contributed by atoms with E-state index in [1.165, 1.54) is 35.7 Å². The van der Waals surface area contributed by atoms with Crippen molar-refractivity contribution in [2.75, 3.05) is 6.54 Å². The van der Waals surface area contributed by atoms with E-state index < -0.39 is 0 Å². The average Bonchev–Trinajstić information content (AvgIpc) is 2.89. The highest BCUT2D eigenvalue weighted by Crippen LogP contribution is 2.31. The van der Waals surface area contributed by atoms with Crippen LogP contribution in [-0.2, 0) is 0 Å². The number of hydrogen-bond donors (Lipinski definition) is 1. The quantitative estimate of drug-likeness (QED) is 0.678. The van der Waals surface area contributed by atoms with Crippen molar-refractivity contribution >= 4 is 11.3 Å². The van der Waals surface area contributed by atoms with Crippen molar-refractivity contribution in [1.29, 1.82) is 0 Å². The molecule has 1 heterocycles. The second kappa shape index (κ2) is 9.43. The molecule has 0 aromatic carbocycles. The number of hydrogen-bond acceptors (Lipinski definition) is 4. The lowest BCUT2D eigenvalue weighted by atomic mass is 9.99. The predicted molar refractivity (Wildman–Crippen MR) is 83.8 cm³/mol. The van der Waals surface area contributed by atoms with Crippen LogP contribution in [0.3, 0.4) is 0 Å². The standard InChI is InChI=1S/C15H29N3S/c1-5-9-12(10-6-2)14-17-18-15(19-14)13(8-4)16-11-7-3/h12-13,16H,5-11H2,1-4H3. The summed E-state index contributed by atoms with van der Waals surface area (Å²) in [6.45, 7) is 9.97. The lowest BCUT2D eigenvalue weighted by molar-refractivity contribution is 0.511. The Hall–Kier alpha value is -0.480. The summed E-state index contributed by atoms with van der Waals surface area (Å²) >= 11 is 1.82. The Kier molecular flexibility index (Phi) is 8.22. The average molecular weight is 283 g/mol. The van der Waals surface area contributed by atoms with Gasteiger partial charge in [-0.15, -0.1) is 10.2 Å². The number of rotatable bonds is 10. The van der Waals surface area contributed by atoms with Crippen LogP contribution in [-0.4, -0.2) is 16.7 Å². The number of aromatic nitrogens is 2. The second-order valence-electron chi connectivity index (χ2n) is 5.17. The summed E-state index contributed by atoms with van der Waals surface area (Å²) in [5.74, 6) is 0.616. The molecular weight excluding hydrogens is 254 g/mol. The Morgan fingerprint density at radius 2 is 1.58 bits per heavy atom. The molecule has 1 N–H and O–H groups in total. The topological polar surface area (TPSA) is 37.8 Å². The molecule has 0 aliphatic carbocycles. The molecule has 1 unspecified atom stereocenters. The monoisotopic (exact) mass is 283 g/mol. The molecule has 19 heavy (non-hydrogen) atoms. The highest BCUT2D eigenvalue weighted by Gasteiger charge is 2.19. The van der Waals surface area contributed by atoms with Crippen LogP contribution in [0, 0.1) is 0 Å². The molecule has 110 valence electrons. The molecule has 4 heteroatoms. The van der Waals surface area contributed by atoms with Crippen molar-refractivity contribution in [1.82, 2.24) is 15.5 Å². The SMILES string of the molecule is CCCNC(CC)c1nnc(C(CCC)CCC)s1. The van der Waals surface area contributed by atoms with Gasteiger partial charge in [0.1, 0.15) is 10.0 Å². The van der Waals surface area contributed by atoms with Crippen molar-refractivity contribution < 1.29 is 0 Å². The van der Waals surface area contributed by atoms with Gasteiger partial charge >= 0.3 is 0 Å². The fraction of sp³-hybridized carbons (Fsp3) is 0.867. The van der Waals surface area contributed by atoms with Gasteiger partial charge in [-0.3, -0.25) is 0 Å². The van der Waals surface area contributed by atoms with Crippen LogP contribution in [0.1, 0.15) is 88.2 Å². The van der Waals surface area contributed by atoms with E-state index in [2.05, 4.69) is 43.2 Å². The Morgan fingerprint density at radius 3 is 2.11 bits per heavy atom. The summed E-state index contributed by atoms with van der Waals surface area (Å²) < 4.78 is 0. The first-order valence-electron chi connectivity index (χ1n) is 7.83. The molecule has 1 aromatic heterocycles. The summed E-state index contributed by atoms with van der Waals surface area (Å²) in [5, 5.41) is 14.9. The van der Waals surface area contributed by atoms with Gasteiger partial charge in [0, 0.05) is 5.92 Å². The fourth-order valence-electron chi connectivity index (χ4n) is 2.37. The van der Waals surface area contributed by atoms with Crippen molar-refractivity contribution in [2.24, 2.45) is 0 Å². The van der Waals surface area contributed by atoms with Crippen LogP contribution in [0.25, 0.3) is 0 Å². The molecule has 0 aliphatic heterocycles. The van der Waals surface area contributed by atoms with Gasteiger partial charge in [-0.1, -0.05) is 51.9 Å². The zero-order valence-corrected chi connectivity index (χ0v) is 13.7. The van der Waals surface area contributed by atoms with Crippen LogP contribution in [0.4, 0.5) is 0 Å². The summed E-state index contributed by atoms with van der Waals surface area (Å²) in [7, 11) is 0. The van der Waals surface area contributed by atoms with E-state index >= 15 is 0 Å². The molecule has 1 rings (SSSR count). The largest absolute Gasteiger partial charge is 0.308 e. The summed E-state index contributed by atoms with van der Waals surface area (Å²) in [4.78, 5) is 0. The summed E-state index contributed by atoms with van der Waals surface area (Å²) in [6, 6.07) is 0.384. The van der Waals surface area contributed by atoms with Crippen molar-refractivity contribution in [2.45, 2.75) is 78.2 Å². The first kappa shape index (κ1) is 16.6. The molecule has 0 aliphatic rings. The predicted octanol–water partition coefficient (Wildman–Crippen LogP) is 4.67. The highest BCUT2D eigenvalue weighted by atomic mass is 32.1. The van der Waals surface area contributed by atoms with Gasteiger partial charge in [-0.25, -0.2) is 0 Å². The third-order valence-corrected chi connectivity index (χ3v) is 4.63. The summed E-state index contributed by atoms with van der Waals surface area (Å²) in [6.07, 6.45) is 7.18. The van der Waals surface area contributed by atoms with Crippen LogP contribution in [0.2, 0.25) is 0 Å². The lowest BCUT2D eigenvalue weighted by Crippen LogP contribution is -2.21. The fourth-order valence-corrected chi connectivity index (χ4v) is 3.54. The first-order valence-corrected chi connectivity index (χ1v) is 8.64. The molecular formula is C15H29N3S. The first-order chi connectivity index (χ1) is 9.26. The van der Waals surface area contributed by atoms with Crippen molar-refractivity contribution in [3.8, 4) is 0 Å². The molecule has 0 saturated heterocycles. The van der Waals surface area contributed by atoms with Gasteiger partial charge in [0.15, 0.2) is 0 Å². The van der Waals surface area contributed by atoms with Crippen molar-refractivity contribution in [3.63, 3.8) is 0 Å². The van der Waals surface area contributed by atoms with Crippen molar-refractivity contribution in [3.05, 3.63) is 10.0 Å². The van der Waals surface area contributed by atoms with E-state index in [4.69, 9.17) is 0 Å². The van der Waals surface area contributed by atoms with E-state index in [-0.39, 0.29) is 0 Å². The smallest absolute Gasteiger partial charge is 0.134 e. The maximum atomic E-state index is 4.46. The lowest BCUT2D eigenvalue weighted by Gasteiger charge is -2.13. The van der Waals surface area contributed by atoms with E-state index in [0.717, 1.165) is 19.4 Å². The van der Waals surface area contributed by atoms with Crippen LogP contribution >= 0.6 is 11.3 Å². The van der Waals surface area contributed by atoms with Gasteiger partial charge in [0.2, 0.25) is 0 Å². The number of nitrogens with one attached hydrogen (secondary N) is 1. The molecule has 1 atom stereocenters.